The van der Waals surface area contributed by atoms with Crippen LogP contribution in [0.3, 0.4) is 0 Å². The van der Waals surface area contributed by atoms with E-state index in [1.165, 1.54) is 11.1 Å². The summed E-state index contributed by atoms with van der Waals surface area (Å²) in [6, 6.07) is 8.17. The van der Waals surface area contributed by atoms with Crippen LogP contribution in [-0.2, 0) is 9.53 Å². The van der Waals surface area contributed by atoms with Crippen LogP contribution in [0.4, 0.5) is 0 Å². The highest BCUT2D eigenvalue weighted by Crippen LogP contribution is 2.36. The maximum Gasteiger partial charge on any atom is 0.251 e. The Kier molecular flexibility index (Phi) is 12.9. The van der Waals surface area contributed by atoms with Gasteiger partial charge < -0.3 is 14.6 Å². The average molecular weight is 525 g/mol. The number of carbonyl (C=O) groups excluding carboxylic acids is 1. The normalized spacial score (nSPS) is 16.0. The molecule has 2 aliphatic carbocycles. The van der Waals surface area contributed by atoms with Crippen LogP contribution in [0.2, 0.25) is 0 Å². The first kappa shape index (κ1) is 33.0. The largest absolute Gasteiger partial charge is 0.379 e. The Morgan fingerprint density at radius 3 is 2.05 bits per heavy atom. The zero-order chi connectivity index (χ0) is 29.1. The van der Waals surface area contributed by atoms with Crippen molar-refractivity contribution in [3.05, 3.63) is 78.2 Å². The molecule has 6 nitrogen and oxygen atoms in total. The van der Waals surface area contributed by atoms with Crippen LogP contribution >= 0.6 is 0 Å². The molecule has 1 heterocycles. The maximum absolute atomic E-state index is 10.7. The predicted octanol–water partition coefficient (Wildman–Crippen LogP) is 8.38. The molecule has 0 bridgehead atoms. The Hall–Kier alpha value is -2.99. The van der Waals surface area contributed by atoms with E-state index in [0.29, 0.717) is 22.9 Å². The van der Waals surface area contributed by atoms with E-state index in [2.05, 4.69) is 75.4 Å². The number of hydrogen-bond acceptors (Lipinski definition) is 5. The lowest BCUT2D eigenvalue weighted by Crippen LogP contribution is -2.19. The molecule has 0 aliphatic heterocycles. The highest BCUT2D eigenvalue weighted by Gasteiger charge is 2.25. The fourth-order valence-corrected chi connectivity index (χ4v) is 2.82. The van der Waals surface area contributed by atoms with E-state index in [-0.39, 0.29) is 12.9 Å². The molecule has 211 valence electrons. The summed E-state index contributed by atoms with van der Waals surface area (Å²) in [5.74, 6) is 1.75. The first-order valence-corrected chi connectivity index (χ1v) is 13.1. The molecule has 2 aliphatic rings. The lowest BCUT2D eigenvalue weighted by Gasteiger charge is -2.14. The monoisotopic (exact) mass is 524 g/mol. The van der Waals surface area contributed by atoms with Gasteiger partial charge in [-0.2, -0.15) is 4.98 Å². The first-order chi connectivity index (χ1) is 17.5. The van der Waals surface area contributed by atoms with Crippen LogP contribution in [0.1, 0.15) is 93.5 Å². The molecule has 1 aromatic carbocycles. The molecule has 1 saturated carbocycles. The first-order valence-electron chi connectivity index (χ1n) is 13.1. The van der Waals surface area contributed by atoms with Crippen molar-refractivity contribution < 1.29 is 15.5 Å². The van der Waals surface area contributed by atoms with Crippen LogP contribution in [0, 0.1) is 18.8 Å². The smallest absolute Gasteiger partial charge is 0.251 e. The van der Waals surface area contributed by atoms with Crippen LogP contribution in [0.25, 0.3) is 11.4 Å². The van der Waals surface area contributed by atoms with Crippen molar-refractivity contribution in [2.24, 2.45) is 5.41 Å². The van der Waals surface area contributed by atoms with Gasteiger partial charge in [0.2, 0.25) is 11.7 Å². The van der Waals surface area contributed by atoms with Gasteiger partial charge in [0.25, 0.3) is 5.91 Å². The molecule has 1 fully saturated rings. The molecule has 1 atom stereocenters. The predicted molar refractivity (Wildman–Crippen MR) is 160 cm³/mol. The van der Waals surface area contributed by atoms with Crippen molar-refractivity contribution in [2.45, 2.75) is 93.1 Å². The second-order valence-corrected chi connectivity index (χ2v) is 12.4. The van der Waals surface area contributed by atoms with E-state index < -0.39 is 0 Å². The Bertz CT molecular complexity index is 1080. The number of hydrogen-bond donors (Lipinski definition) is 1. The standard InChI is InChI=1S/C15H16N2O.C7H8NO.C5H12O.C5H12.H2/c1-10-3-6-12(7-4-10)14-16-15(18-17-14)13-8-5-11(2)9-13;1-5(2)8-7(9)6-3-4-6;1-5(2,3)6-4;1-5(2,3)4;/h3-4,6-7,13H,2,5,8-9H2,1H3;3-4H,1H2,2H3,(H,8,9);1-4H3;1-4H3;1H. The quantitative estimate of drug-likeness (QED) is 0.406. The number of allylic oxidation sites excluding steroid dienone is 3. The van der Waals surface area contributed by atoms with Gasteiger partial charge in [-0.25, -0.2) is 0 Å². The van der Waals surface area contributed by atoms with Crippen molar-refractivity contribution in [1.82, 2.24) is 15.5 Å². The van der Waals surface area contributed by atoms with Crippen LogP contribution in [0.5, 0.6) is 0 Å². The number of rotatable bonds is 4. The third-order valence-corrected chi connectivity index (χ3v) is 5.02. The number of methoxy groups -OCH3 is 1. The van der Waals surface area contributed by atoms with Gasteiger partial charge in [-0.1, -0.05) is 87.5 Å². The van der Waals surface area contributed by atoms with E-state index in [4.69, 9.17) is 9.26 Å². The number of amides is 1. The maximum atomic E-state index is 10.7. The molecule has 1 N–H and O–H groups in total. The summed E-state index contributed by atoms with van der Waals surface area (Å²) in [4.78, 5) is 15.3. The van der Waals surface area contributed by atoms with Crippen LogP contribution in [0.15, 0.2) is 64.9 Å². The van der Waals surface area contributed by atoms with Gasteiger partial charge >= 0.3 is 0 Å². The number of aromatic nitrogens is 2. The Labute approximate surface area is 232 Å². The topological polar surface area (TPSA) is 77.3 Å². The number of carbonyl (C=O) groups is 1. The third-order valence-electron chi connectivity index (χ3n) is 5.02. The summed E-state index contributed by atoms with van der Waals surface area (Å²) in [6.07, 6.45) is 6.66. The minimum absolute atomic E-state index is 0. The molecule has 1 unspecified atom stereocenters. The fourth-order valence-electron chi connectivity index (χ4n) is 2.82. The summed E-state index contributed by atoms with van der Waals surface area (Å²) >= 11 is 0. The van der Waals surface area contributed by atoms with E-state index in [0.717, 1.165) is 36.3 Å². The van der Waals surface area contributed by atoms with Gasteiger partial charge in [0, 0.05) is 37.7 Å². The molecular formula is C32H50N3O3. The highest BCUT2D eigenvalue weighted by molar-refractivity contribution is 6.01. The molecule has 0 spiro atoms. The van der Waals surface area contributed by atoms with Gasteiger partial charge in [0.05, 0.1) is 5.60 Å². The molecule has 6 heteroatoms. The summed E-state index contributed by atoms with van der Waals surface area (Å²) in [6.45, 7) is 26.2. The van der Waals surface area contributed by atoms with Gasteiger partial charge in [-0.15, -0.1) is 0 Å². The summed E-state index contributed by atoms with van der Waals surface area (Å²) in [5, 5.41) is 6.64. The van der Waals surface area contributed by atoms with E-state index in [1.54, 1.807) is 26.5 Å². The van der Waals surface area contributed by atoms with Gasteiger partial charge in [-0.05, 0) is 59.3 Å². The molecule has 38 heavy (non-hydrogen) atoms. The number of nitrogens with one attached hydrogen (secondary N) is 1. The SMILES string of the molecule is C=C(C)NC(=O)C1=C[CH]1.C=C1CCC(c2nc(-c3ccc(C)cc3)no2)C1.CC(C)(C)C.COC(C)(C)C.[HH]. The molecule has 1 radical (unpaired) electrons. The van der Waals surface area contributed by atoms with Crippen molar-refractivity contribution in [1.29, 1.82) is 0 Å². The molecular weight excluding hydrogens is 474 g/mol. The van der Waals surface area contributed by atoms with Gasteiger partial charge in [0.15, 0.2) is 0 Å². The van der Waals surface area contributed by atoms with Crippen molar-refractivity contribution in [3.63, 3.8) is 0 Å². The zero-order valence-electron chi connectivity index (χ0n) is 25.2. The van der Waals surface area contributed by atoms with E-state index in [1.807, 2.05) is 32.9 Å². The van der Waals surface area contributed by atoms with Crippen LogP contribution in [-0.4, -0.2) is 28.8 Å². The van der Waals surface area contributed by atoms with E-state index in [9.17, 15) is 4.79 Å². The molecule has 1 aromatic heterocycles. The minimum Gasteiger partial charge on any atom is -0.379 e. The molecule has 1 amide bonds. The molecule has 4 rings (SSSR count). The zero-order valence-corrected chi connectivity index (χ0v) is 25.2. The second kappa shape index (κ2) is 14.8. The Morgan fingerprint density at radius 2 is 1.66 bits per heavy atom. The number of benzene rings is 1. The second-order valence-electron chi connectivity index (χ2n) is 12.4. The number of ether oxygens (including phenoxy) is 1. The fraction of sp³-hybridized carbons (Fsp3) is 0.500. The Morgan fingerprint density at radius 1 is 1.13 bits per heavy atom. The van der Waals surface area contributed by atoms with Crippen molar-refractivity contribution in [2.75, 3.05) is 7.11 Å². The lowest BCUT2D eigenvalue weighted by atomic mass is 10.0. The van der Waals surface area contributed by atoms with Gasteiger partial charge in [0.1, 0.15) is 0 Å². The lowest BCUT2D eigenvalue weighted by molar-refractivity contribution is -0.116. The summed E-state index contributed by atoms with van der Waals surface area (Å²) in [7, 11) is 1.71. The van der Waals surface area contributed by atoms with Crippen LogP contribution < -0.4 is 5.32 Å². The van der Waals surface area contributed by atoms with Crippen molar-refractivity contribution >= 4 is 5.91 Å². The summed E-state index contributed by atoms with van der Waals surface area (Å²) < 4.78 is 10.3. The number of nitrogens with zero attached hydrogens (tertiary/aromatic N) is 2. The molecule has 2 aromatic rings. The van der Waals surface area contributed by atoms with Crippen molar-refractivity contribution in [3.8, 4) is 11.4 Å². The summed E-state index contributed by atoms with van der Waals surface area (Å²) in [5.41, 5.74) is 5.50. The minimum atomic E-state index is -0.0532. The number of aryl methyl sites for hydroxylation is 1. The average Bonchev–Trinajstić information content (AvgIpc) is 3.38. The Balaban J connectivity index is 0.000000578. The van der Waals surface area contributed by atoms with Gasteiger partial charge in [-0.3, -0.25) is 4.79 Å². The third kappa shape index (κ3) is 15.3. The highest BCUT2D eigenvalue weighted by atomic mass is 16.5. The van der Waals surface area contributed by atoms with E-state index >= 15 is 0 Å². The molecule has 0 saturated heterocycles.